The van der Waals surface area contributed by atoms with E-state index in [1.54, 1.807) is 0 Å². The van der Waals surface area contributed by atoms with E-state index in [0.717, 1.165) is 4.90 Å². The second kappa shape index (κ2) is 5.09. The molecular weight excluding hydrogens is 274 g/mol. The van der Waals surface area contributed by atoms with Crippen molar-refractivity contribution in [1.82, 2.24) is 4.90 Å². The van der Waals surface area contributed by atoms with Gasteiger partial charge in [-0.3, -0.25) is 4.79 Å². The molecule has 2 rings (SSSR count). The third-order valence-corrected chi connectivity index (χ3v) is 5.86. The monoisotopic (exact) mass is 291 g/mol. The first-order valence-electron chi connectivity index (χ1n) is 6.26. The van der Waals surface area contributed by atoms with Crippen LogP contribution in [0.4, 0.5) is 0 Å². The van der Waals surface area contributed by atoms with Gasteiger partial charge in [0.2, 0.25) is 5.91 Å². The molecule has 2 aliphatic heterocycles. The van der Waals surface area contributed by atoms with E-state index >= 15 is 0 Å². The van der Waals surface area contributed by atoms with Gasteiger partial charge in [0.05, 0.1) is 11.9 Å². The first-order valence-corrected chi connectivity index (χ1v) is 7.97. The van der Waals surface area contributed by atoms with Crippen LogP contribution in [0.1, 0.15) is 25.7 Å². The number of β-amino-alcohol motifs (C(OH)–C–C–N with tert-alkyl or cyclic N) is 1. The molecule has 8 heteroatoms. The molecule has 3 atom stereocenters. The fourth-order valence-corrected chi connectivity index (χ4v) is 4.57. The highest BCUT2D eigenvalue weighted by Crippen LogP contribution is 2.26. The maximum absolute atomic E-state index is 12.2. The molecule has 7 nitrogen and oxygen atoms in total. The van der Waals surface area contributed by atoms with E-state index in [1.165, 1.54) is 0 Å². The first kappa shape index (κ1) is 14.3. The smallest absolute Gasteiger partial charge is 0.326 e. The molecule has 0 spiro atoms. The first-order chi connectivity index (χ1) is 8.83. The Kier molecular flexibility index (Phi) is 3.82. The van der Waals surface area contributed by atoms with Crippen molar-refractivity contribution in [3.05, 3.63) is 0 Å². The Hall–Kier alpha value is -1.15. The molecule has 2 N–H and O–H groups in total. The third-order valence-electron chi connectivity index (χ3n) is 3.70. The van der Waals surface area contributed by atoms with Gasteiger partial charge < -0.3 is 15.1 Å². The lowest BCUT2D eigenvalue weighted by Crippen LogP contribution is -2.49. The summed E-state index contributed by atoms with van der Waals surface area (Å²) in [7, 11) is -3.49. The standard InChI is InChI=1S/C11H17NO6S/c13-7-5-8(11(15)16)12(6-7)10(14)9-3-1-2-4-19(9,17)18/h7-9,13H,1-6H2,(H,15,16)/t7?,8-,9?/m0/s1. The maximum Gasteiger partial charge on any atom is 0.326 e. The number of aliphatic hydroxyl groups excluding tert-OH is 1. The molecule has 0 aromatic carbocycles. The van der Waals surface area contributed by atoms with Crippen LogP contribution < -0.4 is 0 Å². The van der Waals surface area contributed by atoms with Crippen LogP contribution in [0.3, 0.4) is 0 Å². The van der Waals surface area contributed by atoms with Gasteiger partial charge in [-0.05, 0) is 12.8 Å². The molecule has 2 heterocycles. The molecule has 19 heavy (non-hydrogen) atoms. The number of aliphatic hydroxyl groups is 1. The quantitative estimate of drug-likeness (QED) is 0.675. The number of hydrogen-bond donors (Lipinski definition) is 2. The van der Waals surface area contributed by atoms with Gasteiger partial charge in [-0.1, -0.05) is 6.42 Å². The van der Waals surface area contributed by atoms with E-state index in [0.29, 0.717) is 12.8 Å². The molecule has 0 radical (unpaired) electrons. The van der Waals surface area contributed by atoms with E-state index in [2.05, 4.69) is 0 Å². The zero-order chi connectivity index (χ0) is 14.2. The largest absolute Gasteiger partial charge is 0.480 e. The van der Waals surface area contributed by atoms with Crippen LogP contribution in [-0.2, 0) is 19.4 Å². The van der Waals surface area contributed by atoms with Crippen molar-refractivity contribution in [3.8, 4) is 0 Å². The summed E-state index contributed by atoms with van der Waals surface area (Å²) < 4.78 is 23.8. The number of carbonyl (C=O) groups excluding carboxylic acids is 1. The molecule has 108 valence electrons. The average Bonchev–Trinajstić information content (AvgIpc) is 2.70. The van der Waals surface area contributed by atoms with Crippen LogP contribution in [0.5, 0.6) is 0 Å². The Morgan fingerprint density at radius 1 is 1.21 bits per heavy atom. The van der Waals surface area contributed by atoms with Crippen LogP contribution >= 0.6 is 0 Å². The Morgan fingerprint density at radius 3 is 2.47 bits per heavy atom. The van der Waals surface area contributed by atoms with Crippen LogP contribution in [0.2, 0.25) is 0 Å². The van der Waals surface area contributed by atoms with Gasteiger partial charge in [-0.15, -0.1) is 0 Å². The SMILES string of the molecule is O=C(O)[C@@H]1CC(O)CN1C(=O)C1CCCCS1(=O)=O. The summed E-state index contributed by atoms with van der Waals surface area (Å²) in [5.41, 5.74) is 0. The summed E-state index contributed by atoms with van der Waals surface area (Å²) in [6, 6.07) is -1.13. The predicted molar refractivity (Wildman–Crippen MR) is 65.2 cm³/mol. The molecule has 0 bridgehead atoms. The van der Waals surface area contributed by atoms with Crippen molar-refractivity contribution in [1.29, 1.82) is 0 Å². The van der Waals surface area contributed by atoms with Gasteiger partial charge in [-0.25, -0.2) is 13.2 Å². The maximum atomic E-state index is 12.2. The normalized spacial score (nSPS) is 34.2. The third kappa shape index (κ3) is 2.74. The zero-order valence-electron chi connectivity index (χ0n) is 10.4. The summed E-state index contributed by atoms with van der Waals surface area (Å²) >= 11 is 0. The summed E-state index contributed by atoms with van der Waals surface area (Å²) in [6.07, 6.45) is 0.464. The fraction of sp³-hybridized carbons (Fsp3) is 0.818. The van der Waals surface area contributed by atoms with Gasteiger partial charge in [-0.2, -0.15) is 0 Å². The van der Waals surface area contributed by atoms with E-state index in [-0.39, 0.29) is 25.1 Å². The van der Waals surface area contributed by atoms with Crippen molar-refractivity contribution in [3.63, 3.8) is 0 Å². The number of carbonyl (C=O) groups is 2. The van der Waals surface area contributed by atoms with Gasteiger partial charge in [0.1, 0.15) is 11.3 Å². The molecule has 0 aromatic heterocycles. The Balaban J connectivity index is 2.21. The van der Waals surface area contributed by atoms with Crippen molar-refractivity contribution < 1.29 is 28.2 Å². The number of likely N-dealkylation sites (tertiary alicyclic amines) is 1. The molecule has 2 unspecified atom stereocenters. The lowest BCUT2D eigenvalue weighted by atomic mass is 10.1. The lowest BCUT2D eigenvalue weighted by Gasteiger charge is -2.28. The van der Waals surface area contributed by atoms with Gasteiger partial charge in [0.15, 0.2) is 9.84 Å². The number of rotatable bonds is 2. The number of sulfone groups is 1. The summed E-state index contributed by atoms with van der Waals surface area (Å²) in [6.45, 7) is -0.109. The van der Waals surface area contributed by atoms with Gasteiger partial charge in [0, 0.05) is 13.0 Å². The number of amides is 1. The minimum absolute atomic E-state index is 0.0302. The molecule has 0 saturated carbocycles. The molecule has 2 aliphatic rings. The summed E-state index contributed by atoms with van der Waals surface area (Å²) in [5.74, 6) is -1.92. The van der Waals surface area contributed by atoms with Crippen molar-refractivity contribution >= 4 is 21.7 Å². The van der Waals surface area contributed by atoms with Crippen LogP contribution in [-0.4, -0.2) is 65.1 Å². The number of carboxylic acids is 1. The molecule has 0 aliphatic carbocycles. The molecule has 1 amide bonds. The van der Waals surface area contributed by atoms with E-state index < -0.39 is 39.1 Å². The molecular formula is C11H17NO6S. The fourth-order valence-electron chi connectivity index (χ4n) is 2.71. The second-order valence-electron chi connectivity index (χ2n) is 5.09. The topological polar surface area (TPSA) is 112 Å². The zero-order valence-corrected chi connectivity index (χ0v) is 11.2. The number of hydrogen-bond acceptors (Lipinski definition) is 5. The van der Waals surface area contributed by atoms with Crippen LogP contribution in [0, 0.1) is 0 Å². The van der Waals surface area contributed by atoms with E-state index in [1.807, 2.05) is 0 Å². The highest BCUT2D eigenvalue weighted by molar-refractivity contribution is 7.92. The highest BCUT2D eigenvalue weighted by Gasteiger charge is 2.45. The molecule has 2 saturated heterocycles. The Morgan fingerprint density at radius 2 is 1.89 bits per heavy atom. The van der Waals surface area contributed by atoms with Gasteiger partial charge >= 0.3 is 5.97 Å². The van der Waals surface area contributed by atoms with E-state index in [9.17, 15) is 23.1 Å². The Labute approximate surface area is 111 Å². The number of carboxylic acid groups (broad SMARTS) is 1. The predicted octanol–water partition coefficient (Wildman–Crippen LogP) is -1.000. The van der Waals surface area contributed by atoms with Crippen LogP contribution in [0.25, 0.3) is 0 Å². The lowest BCUT2D eigenvalue weighted by molar-refractivity contribution is -0.148. The number of nitrogens with zero attached hydrogens (tertiary/aromatic N) is 1. The molecule has 2 fully saturated rings. The van der Waals surface area contributed by atoms with Crippen molar-refractivity contribution in [2.75, 3.05) is 12.3 Å². The highest BCUT2D eigenvalue weighted by atomic mass is 32.2. The van der Waals surface area contributed by atoms with Crippen LogP contribution in [0.15, 0.2) is 0 Å². The minimum atomic E-state index is -3.49. The van der Waals surface area contributed by atoms with Crippen molar-refractivity contribution in [2.24, 2.45) is 0 Å². The second-order valence-corrected chi connectivity index (χ2v) is 7.39. The minimum Gasteiger partial charge on any atom is -0.480 e. The Bertz CT molecular complexity index is 487. The summed E-state index contributed by atoms with van der Waals surface area (Å²) in [5, 5.41) is 17.4. The van der Waals surface area contributed by atoms with Crippen molar-refractivity contribution in [2.45, 2.75) is 43.1 Å². The van der Waals surface area contributed by atoms with Gasteiger partial charge in [0.25, 0.3) is 0 Å². The van der Waals surface area contributed by atoms with E-state index in [4.69, 9.17) is 5.11 Å². The average molecular weight is 291 g/mol. The molecule has 0 aromatic rings. The summed E-state index contributed by atoms with van der Waals surface area (Å²) in [4.78, 5) is 24.3. The number of aliphatic carboxylic acids is 1.